The standard InChI is InChI=1S/C20H32/c1-2-6-14(5-1)18-11-12-19-15-9-10-17(13-15)20(18,19)16-7-3-4-8-16/h14-19H,1-13H2. The fraction of sp³-hybridized carbons (Fsp3) is 1.00. The Bertz CT molecular complexity index is 373. The second-order valence-corrected chi connectivity index (χ2v) is 9.09. The van der Waals surface area contributed by atoms with Crippen molar-refractivity contribution in [3.63, 3.8) is 0 Å². The quantitative estimate of drug-likeness (QED) is 0.595. The minimum absolute atomic E-state index is 0.883. The maximum atomic E-state index is 1.66. The molecule has 0 aromatic carbocycles. The smallest absolute Gasteiger partial charge is 0.0179 e. The largest absolute Gasteiger partial charge is 0.0530 e. The molecule has 0 N–H and O–H groups in total. The normalized spacial score (nSPS) is 52.2. The summed E-state index contributed by atoms with van der Waals surface area (Å²) < 4.78 is 0. The van der Waals surface area contributed by atoms with Gasteiger partial charge in [0.15, 0.2) is 0 Å². The van der Waals surface area contributed by atoms with E-state index in [2.05, 4.69) is 0 Å². The molecule has 2 bridgehead atoms. The molecular formula is C20H32. The Balaban J connectivity index is 1.55. The molecule has 112 valence electrons. The van der Waals surface area contributed by atoms with Crippen molar-refractivity contribution >= 4 is 0 Å². The van der Waals surface area contributed by atoms with Crippen molar-refractivity contribution < 1.29 is 0 Å². The van der Waals surface area contributed by atoms with E-state index in [0.717, 1.165) is 17.3 Å². The predicted octanol–water partition coefficient (Wildman–Crippen LogP) is 5.81. The lowest BCUT2D eigenvalue weighted by Gasteiger charge is -2.50. The van der Waals surface area contributed by atoms with E-state index in [9.17, 15) is 0 Å². The summed E-state index contributed by atoms with van der Waals surface area (Å²) in [7, 11) is 0. The van der Waals surface area contributed by atoms with Crippen LogP contribution in [0.2, 0.25) is 0 Å². The molecule has 0 aromatic rings. The molecule has 5 rings (SSSR count). The van der Waals surface area contributed by atoms with Gasteiger partial charge in [0.05, 0.1) is 0 Å². The van der Waals surface area contributed by atoms with E-state index in [1.165, 1.54) is 23.7 Å². The van der Waals surface area contributed by atoms with Crippen LogP contribution in [0.25, 0.3) is 0 Å². The van der Waals surface area contributed by atoms with Gasteiger partial charge in [-0.05, 0) is 85.9 Å². The third-order valence-electron chi connectivity index (χ3n) is 8.85. The average Bonchev–Trinajstić information content (AvgIpc) is 3.23. The van der Waals surface area contributed by atoms with Gasteiger partial charge in [-0.3, -0.25) is 0 Å². The van der Waals surface area contributed by atoms with Gasteiger partial charge in [0.1, 0.15) is 0 Å². The summed E-state index contributed by atoms with van der Waals surface area (Å²) in [5, 5.41) is 0. The fourth-order valence-corrected chi connectivity index (χ4v) is 8.59. The van der Waals surface area contributed by atoms with Crippen molar-refractivity contribution in [2.24, 2.45) is 40.9 Å². The summed E-state index contributed by atoms with van der Waals surface area (Å²) in [6.07, 6.45) is 20.8. The molecule has 0 amide bonds. The first kappa shape index (κ1) is 12.5. The summed E-state index contributed by atoms with van der Waals surface area (Å²) >= 11 is 0. The lowest BCUT2D eigenvalue weighted by atomic mass is 9.54. The van der Waals surface area contributed by atoms with E-state index in [1.807, 2.05) is 0 Å². The van der Waals surface area contributed by atoms with Gasteiger partial charge in [-0.2, -0.15) is 0 Å². The summed E-state index contributed by atoms with van der Waals surface area (Å²) in [5.41, 5.74) is 0.883. The zero-order valence-electron chi connectivity index (χ0n) is 13.2. The summed E-state index contributed by atoms with van der Waals surface area (Å²) in [4.78, 5) is 0. The number of fused-ring (bicyclic) bond motifs is 5. The molecule has 0 saturated heterocycles. The van der Waals surface area contributed by atoms with Crippen LogP contribution in [0.1, 0.15) is 83.5 Å². The Morgan fingerprint density at radius 1 is 0.500 bits per heavy atom. The monoisotopic (exact) mass is 272 g/mol. The fourth-order valence-electron chi connectivity index (χ4n) is 8.59. The van der Waals surface area contributed by atoms with Crippen LogP contribution in [-0.2, 0) is 0 Å². The molecular weight excluding hydrogens is 240 g/mol. The lowest BCUT2D eigenvalue weighted by Crippen LogP contribution is -2.45. The second-order valence-electron chi connectivity index (χ2n) is 9.09. The molecule has 0 radical (unpaired) electrons. The van der Waals surface area contributed by atoms with Crippen LogP contribution in [-0.4, -0.2) is 0 Å². The Labute approximate surface area is 125 Å². The predicted molar refractivity (Wildman–Crippen MR) is 83.4 cm³/mol. The van der Waals surface area contributed by atoms with Gasteiger partial charge in [0.25, 0.3) is 0 Å². The van der Waals surface area contributed by atoms with E-state index < -0.39 is 0 Å². The van der Waals surface area contributed by atoms with E-state index in [4.69, 9.17) is 0 Å². The van der Waals surface area contributed by atoms with E-state index in [1.54, 1.807) is 83.5 Å². The van der Waals surface area contributed by atoms with E-state index >= 15 is 0 Å². The van der Waals surface area contributed by atoms with Crippen molar-refractivity contribution in [3.8, 4) is 0 Å². The topological polar surface area (TPSA) is 0 Å². The summed E-state index contributed by atoms with van der Waals surface area (Å²) in [6, 6.07) is 0. The molecule has 5 fully saturated rings. The van der Waals surface area contributed by atoms with Gasteiger partial charge in [0, 0.05) is 0 Å². The molecule has 0 heteroatoms. The van der Waals surface area contributed by atoms with Crippen LogP contribution >= 0.6 is 0 Å². The first-order valence-corrected chi connectivity index (χ1v) is 9.90. The molecule has 0 heterocycles. The second kappa shape index (κ2) is 4.50. The highest BCUT2D eigenvalue weighted by Gasteiger charge is 2.67. The highest BCUT2D eigenvalue weighted by atomic mass is 14.7. The van der Waals surface area contributed by atoms with Gasteiger partial charge in [-0.15, -0.1) is 0 Å². The van der Waals surface area contributed by atoms with Crippen molar-refractivity contribution in [2.45, 2.75) is 83.5 Å². The number of rotatable bonds is 2. The van der Waals surface area contributed by atoms with Crippen molar-refractivity contribution in [3.05, 3.63) is 0 Å². The Hall–Kier alpha value is 0. The highest BCUT2D eigenvalue weighted by Crippen LogP contribution is 2.74. The number of hydrogen-bond donors (Lipinski definition) is 0. The van der Waals surface area contributed by atoms with Gasteiger partial charge < -0.3 is 0 Å². The highest BCUT2D eigenvalue weighted by molar-refractivity contribution is 5.15. The third kappa shape index (κ3) is 1.45. The van der Waals surface area contributed by atoms with Crippen LogP contribution in [0, 0.1) is 40.9 Å². The van der Waals surface area contributed by atoms with Gasteiger partial charge in [-0.1, -0.05) is 38.5 Å². The summed E-state index contributed by atoms with van der Waals surface area (Å²) in [6.45, 7) is 0. The SMILES string of the molecule is C1CCC(C2CCC3C4CCC(C4)C23C2CCCC2)C1. The molecule has 20 heavy (non-hydrogen) atoms. The van der Waals surface area contributed by atoms with Gasteiger partial charge in [-0.25, -0.2) is 0 Å². The Morgan fingerprint density at radius 2 is 1.15 bits per heavy atom. The molecule has 5 aliphatic rings. The van der Waals surface area contributed by atoms with Crippen molar-refractivity contribution in [1.82, 2.24) is 0 Å². The molecule has 0 aromatic heterocycles. The first-order valence-electron chi connectivity index (χ1n) is 9.90. The zero-order chi connectivity index (χ0) is 13.2. The molecule has 5 unspecified atom stereocenters. The average molecular weight is 272 g/mol. The van der Waals surface area contributed by atoms with E-state index in [-0.39, 0.29) is 0 Å². The first-order chi connectivity index (χ1) is 9.90. The molecule has 5 atom stereocenters. The Morgan fingerprint density at radius 3 is 1.90 bits per heavy atom. The number of hydrogen-bond acceptors (Lipinski definition) is 0. The van der Waals surface area contributed by atoms with Crippen molar-refractivity contribution in [1.29, 1.82) is 0 Å². The maximum absolute atomic E-state index is 1.66. The van der Waals surface area contributed by atoms with Gasteiger partial charge >= 0.3 is 0 Å². The molecule has 0 aliphatic heterocycles. The minimum atomic E-state index is 0.883. The molecule has 5 saturated carbocycles. The van der Waals surface area contributed by atoms with Crippen LogP contribution in [0.5, 0.6) is 0 Å². The van der Waals surface area contributed by atoms with Crippen LogP contribution < -0.4 is 0 Å². The van der Waals surface area contributed by atoms with Crippen molar-refractivity contribution in [2.75, 3.05) is 0 Å². The maximum Gasteiger partial charge on any atom is -0.0179 e. The van der Waals surface area contributed by atoms with Crippen LogP contribution in [0.15, 0.2) is 0 Å². The van der Waals surface area contributed by atoms with E-state index in [0.29, 0.717) is 0 Å². The molecule has 0 nitrogen and oxygen atoms in total. The van der Waals surface area contributed by atoms with Gasteiger partial charge in [0.2, 0.25) is 0 Å². The lowest BCUT2D eigenvalue weighted by molar-refractivity contribution is -0.0286. The molecule has 0 spiro atoms. The Kier molecular flexibility index (Phi) is 2.82. The third-order valence-corrected chi connectivity index (χ3v) is 8.85. The summed E-state index contributed by atoms with van der Waals surface area (Å²) in [5.74, 6) is 7.03. The van der Waals surface area contributed by atoms with Crippen LogP contribution in [0.4, 0.5) is 0 Å². The van der Waals surface area contributed by atoms with Crippen LogP contribution in [0.3, 0.4) is 0 Å². The zero-order valence-corrected chi connectivity index (χ0v) is 13.2. The molecule has 5 aliphatic carbocycles. The minimum Gasteiger partial charge on any atom is -0.0530 e.